The van der Waals surface area contributed by atoms with Crippen LogP contribution in [-0.2, 0) is 4.79 Å². The van der Waals surface area contributed by atoms with Gasteiger partial charge in [-0.1, -0.05) is 17.3 Å². The van der Waals surface area contributed by atoms with Crippen LogP contribution in [0.3, 0.4) is 0 Å². The Bertz CT molecular complexity index is 857. The van der Waals surface area contributed by atoms with Crippen molar-refractivity contribution in [3.8, 4) is 17.1 Å². The van der Waals surface area contributed by atoms with Crippen LogP contribution in [0.15, 0.2) is 34.9 Å². The molecule has 2 amide bonds. The lowest BCUT2D eigenvalue weighted by Crippen LogP contribution is -2.46. The molecule has 1 aromatic heterocycles. The van der Waals surface area contributed by atoms with Gasteiger partial charge in [-0.15, -0.1) is 0 Å². The van der Waals surface area contributed by atoms with E-state index in [2.05, 4.69) is 5.16 Å². The number of piperidine rings is 1. The van der Waals surface area contributed by atoms with Gasteiger partial charge in [0.2, 0.25) is 5.91 Å². The molecule has 0 unspecified atom stereocenters. The second-order valence-electron chi connectivity index (χ2n) is 7.40. The number of carbonyl (C=O) groups excluding carboxylic acids is 2. The van der Waals surface area contributed by atoms with Gasteiger partial charge in [-0.3, -0.25) is 9.59 Å². The van der Waals surface area contributed by atoms with Gasteiger partial charge in [0.15, 0.2) is 11.5 Å². The topological polar surface area (TPSA) is 75.9 Å². The zero-order chi connectivity index (χ0) is 19.5. The predicted molar refractivity (Wildman–Crippen MR) is 103 cm³/mol. The highest BCUT2D eigenvalue weighted by Gasteiger charge is 2.33. The number of methoxy groups -OCH3 is 1. The maximum atomic E-state index is 12.9. The third kappa shape index (κ3) is 3.61. The number of nitrogens with zero attached hydrogens (tertiary/aromatic N) is 3. The fraction of sp³-hybridized carbons (Fsp3) is 0.476. The van der Waals surface area contributed by atoms with Crippen LogP contribution >= 0.6 is 0 Å². The van der Waals surface area contributed by atoms with E-state index in [-0.39, 0.29) is 23.4 Å². The van der Waals surface area contributed by atoms with Crippen LogP contribution in [0.5, 0.6) is 5.75 Å². The molecule has 0 N–H and O–H groups in total. The first-order valence-corrected chi connectivity index (χ1v) is 9.85. The molecule has 4 rings (SSSR count). The summed E-state index contributed by atoms with van der Waals surface area (Å²) in [5, 5.41) is 3.97. The van der Waals surface area contributed by atoms with E-state index in [1.165, 1.54) is 0 Å². The summed E-state index contributed by atoms with van der Waals surface area (Å²) in [5.41, 5.74) is 1.01. The molecule has 28 heavy (non-hydrogen) atoms. The van der Waals surface area contributed by atoms with Crippen LogP contribution in [-0.4, -0.2) is 60.1 Å². The van der Waals surface area contributed by atoms with Crippen molar-refractivity contribution >= 4 is 11.8 Å². The van der Waals surface area contributed by atoms with Crippen molar-refractivity contribution in [2.45, 2.75) is 25.7 Å². The highest BCUT2D eigenvalue weighted by molar-refractivity contribution is 5.94. The monoisotopic (exact) mass is 383 g/mol. The Hall–Kier alpha value is -2.83. The van der Waals surface area contributed by atoms with Crippen molar-refractivity contribution in [3.63, 3.8) is 0 Å². The van der Waals surface area contributed by atoms with Gasteiger partial charge in [-0.05, 0) is 37.8 Å². The van der Waals surface area contributed by atoms with Crippen LogP contribution in [0.2, 0.25) is 0 Å². The Morgan fingerprint density at radius 2 is 1.86 bits per heavy atom. The number of aromatic nitrogens is 1. The zero-order valence-electron chi connectivity index (χ0n) is 16.1. The molecule has 2 aliphatic rings. The summed E-state index contributed by atoms with van der Waals surface area (Å²) in [5.74, 6) is 1.03. The molecule has 1 aromatic carbocycles. The van der Waals surface area contributed by atoms with E-state index in [4.69, 9.17) is 9.26 Å². The first kappa shape index (κ1) is 18.5. The maximum absolute atomic E-state index is 12.9. The summed E-state index contributed by atoms with van der Waals surface area (Å²) in [6.07, 6.45) is 3.81. The number of rotatable bonds is 4. The van der Waals surface area contributed by atoms with Crippen LogP contribution in [0.4, 0.5) is 0 Å². The smallest absolute Gasteiger partial charge is 0.276 e. The highest BCUT2D eigenvalue weighted by atomic mass is 16.5. The summed E-state index contributed by atoms with van der Waals surface area (Å²) in [6, 6.07) is 9.08. The summed E-state index contributed by atoms with van der Waals surface area (Å²) in [6.45, 7) is 2.77. The van der Waals surface area contributed by atoms with E-state index in [1.54, 1.807) is 18.1 Å². The Morgan fingerprint density at radius 1 is 1.11 bits per heavy atom. The van der Waals surface area contributed by atoms with E-state index >= 15 is 0 Å². The fourth-order valence-corrected chi connectivity index (χ4v) is 4.07. The third-order valence-corrected chi connectivity index (χ3v) is 5.58. The standard InChI is InChI=1S/C21H25N3O4/c1-27-18-9-3-2-8-16(18)19-13-17(22-28-19)21(26)24-12-6-7-15(14-24)20(25)23-10-4-5-11-23/h2-3,8-9,13,15H,4-7,10-12,14H2,1H3/t15-/m1/s1. The Kier molecular flexibility index (Phi) is 5.32. The predicted octanol–water partition coefficient (Wildman–Crippen LogP) is 2.82. The van der Waals surface area contributed by atoms with Gasteiger partial charge in [0.1, 0.15) is 5.75 Å². The van der Waals surface area contributed by atoms with Crippen LogP contribution in [0.1, 0.15) is 36.2 Å². The van der Waals surface area contributed by atoms with Crippen molar-refractivity contribution < 1.29 is 18.8 Å². The Labute approximate surface area is 164 Å². The number of hydrogen-bond acceptors (Lipinski definition) is 5. The fourth-order valence-electron chi connectivity index (χ4n) is 4.07. The van der Waals surface area contributed by atoms with Crippen molar-refractivity contribution in [2.24, 2.45) is 5.92 Å². The molecule has 7 nitrogen and oxygen atoms in total. The second-order valence-corrected chi connectivity index (χ2v) is 7.40. The largest absolute Gasteiger partial charge is 0.496 e. The molecule has 2 fully saturated rings. The van der Waals surface area contributed by atoms with Crippen LogP contribution in [0, 0.1) is 5.92 Å². The molecule has 0 radical (unpaired) electrons. The quantitative estimate of drug-likeness (QED) is 0.811. The molecule has 1 atom stereocenters. The van der Waals surface area contributed by atoms with E-state index in [0.717, 1.165) is 44.3 Å². The van der Waals surface area contributed by atoms with Crippen LogP contribution in [0.25, 0.3) is 11.3 Å². The molecule has 0 aliphatic carbocycles. The lowest BCUT2D eigenvalue weighted by molar-refractivity contribution is -0.135. The number of likely N-dealkylation sites (tertiary alicyclic amines) is 2. The van der Waals surface area contributed by atoms with Gasteiger partial charge in [0, 0.05) is 32.2 Å². The highest BCUT2D eigenvalue weighted by Crippen LogP contribution is 2.30. The van der Waals surface area contributed by atoms with E-state index in [0.29, 0.717) is 24.6 Å². The average Bonchev–Trinajstić information content (AvgIpc) is 3.45. The van der Waals surface area contributed by atoms with Gasteiger partial charge >= 0.3 is 0 Å². The number of carbonyl (C=O) groups is 2. The van der Waals surface area contributed by atoms with Gasteiger partial charge in [-0.2, -0.15) is 0 Å². The molecule has 0 saturated carbocycles. The average molecular weight is 383 g/mol. The van der Waals surface area contributed by atoms with Crippen molar-refractivity contribution in [2.75, 3.05) is 33.3 Å². The molecule has 3 heterocycles. The molecule has 148 valence electrons. The summed E-state index contributed by atoms with van der Waals surface area (Å²) < 4.78 is 10.8. The minimum atomic E-state index is -0.191. The van der Waals surface area contributed by atoms with Gasteiger partial charge < -0.3 is 19.1 Å². The molecular weight excluding hydrogens is 358 g/mol. The van der Waals surface area contributed by atoms with Gasteiger partial charge in [-0.25, -0.2) is 0 Å². The Balaban J connectivity index is 1.47. The van der Waals surface area contributed by atoms with Crippen LogP contribution < -0.4 is 4.74 Å². The second kappa shape index (κ2) is 8.04. The number of benzene rings is 1. The van der Waals surface area contributed by atoms with Gasteiger partial charge in [0.05, 0.1) is 18.6 Å². The third-order valence-electron chi connectivity index (χ3n) is 5.58. The summed E-state index contributed by atoms with van der Waals surface area (Å²) >= 11 is 0. The van der Waals surface area contributed by atoms with Crippen molar-refractivity contribution in [3.05, 3.63) is 36.0 Å². The zero-order valence-corrected chi connectivity index (χ0v) is 16.1. The number of para-hydroxylation sites is 1. The molecule has 7 heteroatoms. The van der Waals surface area contributed by atoms with Gasteiger partial charge in [0.25, 0.3) is 5.91 Å². The minimum absolute atomic E-state index is 0.114. The normalized spacial score (nSPS) is 19.7. The molecule has 0 spiro atoms. The first-order chi connectivity index (χ1) is 13.7. The SMILES string of the molecule is COc1ccccc1-c1cc(C(=O)N2CCC[C@@H](C(=O)N3CCCC3)C2)no1. The molecule has 2 aliphatic heterocycles. The van der Waals surface area contributed by atoms with E-state index < -0.39 is 0 Å². The summed E-state index contributed by atoms with van der Waals surface area (Å²) in [7, 11) is 1.59. The minimum Gasteiger partial charge on any atom is -0.496 e. The number of ether oxygens (including phenoxy) is 1. The number of hydrogen-bond donors (Lipinski definition) is 0. The first-order valence-electron chi connectivity index (χ1n) is 9.85. The summed E-state index contributed by atoms with van der Waals surface area (Å²) in [4.78, 5) is 29.3. The lowest BCUT2D eigenvalue weighted by atomic mass is 9.96. The van der Waals surface area contributed by atoms with Crippen molar-refractivity contribution in [1.82, 2.24) is 15.0 Å². The molecular formula is C21H25N3O4. The molecule has 2 aromatic rings. The Morgan fingerprint density at radius 3 is 2.64 bits per heavy atom. The molecule has 0 bridgehead atoms. The number of amides is 2. The van der Waals surface area contributed by atoms with Crippen molar-refractivity contribution in [1.29, 1.82) is 0 Å². The molecule has 2 saturated heterocycles. The lowest BCUT2D eigenvalue weighted by Gasteiger charge is -2.33. The van der Waals surface area contributed by atoms with E-state index in [1.807, 2.05) is 29.2 Å². The maximum Gasteiger partial charge on any atom is 0.276 e. The van der Waals surface area contributed by atoms with E-state index in [9.17, 15) is 9.59 Å².